The predicted molar refractivity (Wildman–Crippen MR) is 120 cm³/mol. The van der Waals surface area contributed by atoms with Crippen LogP contribution in [0, 0.1) is 16.7 Å². The smallest absolute Gasteiger partial charge is 0.320 e. The highest BCUT2D eigenvalue weighted by atomic mass is 16.5. The van der Waals surface area contributed by atoms with Crippen molar-refractivity contribution in [1.82, 2.24) is 39.6 Å². The van der Waals surface area contributed by atoms with E-state index in [9.17, 15) is 4.79 Å². The Morgan fingerprint density at radius 1 is 1.00 bits per heavy atom. The normalized spacial score (nSPS) is 27.4. The number of hydrogen-bond donors (Lipinski definition) is 0. The van der Waals surface area contributed by atoms with Crippen molar-refractivity contribution in [3.05, 3.63) is 23.9 Å². The molecule has 3 saturated heterocycles. The molecule has 34 heavy (non-hydrogen) atoms. The fourth-order valence-corrected chi connectivity index (χ4v) is 6.80. The van der Waals surface area contributed by atoms with Gasteiger partial charge in [0.05, 0.1) is 12.6 Å². The van der Waals surface area contributed by atoms with Crippen LogP contribution in [0.1, 0.15) is 68.0 Å². The summed E-state index contributed by atoms with van der Waals surface area (Å²) in [5.74, 6) is 4.01. The SMILES string of the molecule is O=C(N1CC2(CC(n3cnc(C4CC4)n3)C2)C1)N1CC2(CN(Cc3nc(CC4CC4)no3)C2)C1. The van der Waals surface area contributed by atoms with Crippen molar-refractivity contribution in [3.63, 3.8) is 0 Å². The first-order valence-corrected chi connectivity index (χ1v) is 13.0. The molecule has 6 fully saturated rings. The molecule has 180 valence electrons. The fraction of sp³-hybridized carbons (Fsp3) is 0.792. The van der Waals surface area contributed by atoms with E-state index in [1.807, 2.05) is 11.2 Å². The third-order valence-electron chi connectivity index (χ3n) is 8.98. The van der Waals surface area contributed by atoms with Crippen LogP contribution in [0.25, 0.3) is 0 Å². The molecular weight excluding hydrogens is 432 g/mol. The number of carbonyl (C=O) groups is 1. The third-order valence-corrected chi connectivity index (χ3v) is 8.98. The molecule has 3 aliphatic heterocycles. The molecule has 2 aromatic heterocycles. The van der Waals surface area contributed by atoms with Gasteiger partial charge in [0, 0.05) is 62.4 Å². The van der Waals surface area contributed by atoms with E-state index in [0.717, 1.165) is 88.5 Å². The van der Waals surface area contributed by atoms with Gasteiger partial charge in [0.15, 0.2) is 11.6 Å². The molecule has 0 unspecified atom stereocenters. The van der Waals surface area contributed by atoms with Gasteiger partial charge in [-0.05, 0) is 44.4 Å². The highest BCUT2D eigenvalue weighted by Crippen LogP contribution is 2.54. The Morgan fingerprint density at radius 3 is 2.44 bits per heavy atom. The molecule has 6 aliphatic rings. The van der Waals surface area contributed by atoms with E-state index >= 15 is 0 Å². The number of carbonyl (C=O) groups excluding carboxylic acids is 1. The maximum Gasteiger partial charge on any atom is 0.320 e. The first-order chi connectivity index (χ1) is 16.5. The summed E-state index contributed by atoms with van der Waals surface area (Å²) in [6.07, 6.45) is 10.2. The maximum absolute atomic E-state index is 12.9. The minimum Gasteiger partial charge on any atom is -0.338 e. The molecule has 10 nitrogen and oxygen atoms in total. The molecular formula is C24H32N8O2. The summed E-state index contributed by atoms with van der Waals surface area (Å²) in [4.78, 5) is 28.4. The Labute approximate surface area is 198 Å². The van der Waals surface area contributed by atoms with E-state index in [2.05, 4.69) is 29.6 Å². The number of aromatic nitrogens is 5. The molecule has 2 amide bonds. The van der Waals surface area contributed by atoms with Gasteiger partial charge >= 0.3 is 6.03 Å². The van der Waals surface area contributed by atoms with E-state index in [0.29, 0.717) is 17.4 Å². The molecule has 0 radical (unpaired) electrons. The number of amides is 2. The largest absolute Gasteiger partial charge is 0.338 e. The Balaban J connectivity index is 0.773. The highest BCUT2D eigenvalue weighted by Gasteiger charge is 2.58. The summed E-state index contributed by atoms with van der Waals surface area (Å²) in [7, 11) is 0. The van der Waals surface area contributed by atoms with Crippen LogP contribution in [0.3, 0.4) is 0 Å². The molecule has 10 heteroatoms. The van der Waals surface area contributed by atoms with E-state index in [1.54, 1.807) is 0 Å². The second kappa shape index (κ2) is 6.80. The van der Waals surface area contributed by atoms with Gasteiger partial charge in [-0.25, -0.2) is 14.5 Å². The fourth-order valence-electron chi connectivity index (χ4n) is 6.80. The van der Waals surface area contributed by atoms with Crippen LogP contribution in [0.4, 0.5) is 4.79 Å². The number of hydrogen-bond acceptors (Lipinski definition) is 7. The predicted octanol–water partition coefficient (Wildman–Crippen LogP) is 2.07. The minimum absolute atomic E-state index is 0.233. The first kappa shape index (κ1) is 19.8. The van der Waals surface area contributed by atoms with Gasteiger partial charge in [-0.1, -0.05) is 5.16 Å². The Morgan fingerprint density at radius 2 is 1.74 bits per heavy atom. The van der Waals surface area contributed by atoms with Crippen molar-refractivity contribution >= 4 is 6.03 Å². The number of rotatable bonds is 6. The molecule has 0 atom stereocenters. The van der Waals surface area contributed by atoms with E-state index in [4.69, 9.17) is 9.62 Å². The highest BCUT2D eigenvalue weighted by molar-refractivity contribution is 5.77. The topological polar surface area (TPSA) is 96.4 Å². The minimum atomic E-state index is 0.233. The van der Waals surface area contributed by atoms with Crippen LogP contribution in [-0.2, 0) is 13.0 Å². The van der Waals surface area contributed by atoms with Crippen molar-refractivity contribution in [2.45, 2.75) is 63.5 Å². The van der Waals surface area contributed by atoms with Crippen molar-refractivity contribution < 1.29 is 9.32 Å². The first-order valence-electron chi connectivity index (χ1n) is 13.0. The van der Waals surface area contributed by atoms with Crippen LogP contribution in [0.2, 0.25) is 0 Å². The zero-order valence-corrected chi connectivity index (χ0v) is 19.6. The number of urea groups is 1. The molecule has 0 aromatic carbocycles. The van der Waals surface area contributed by atoms with Crippen LogP contribution in [0.15, 0.2) is 10.9 Å². The average molecular weight is 465 g/mol. The van der Waals surface area contributed by atoms with Crippen LogP contribution in [0.5, 0.6) is 0 Å². The van der Waals surface area contributed by atoms with Gasteiger partial charge in [-0.2, -0.15) is 10.1 Å². The Bertz CT molecular complexity index is 1110. The quantitative estimate of drug-likeness (QED) is 0.646. The molecule has 0 bridgehead atoms. The molecule has 2 aromatic rings. The molecule has 8 rings (SSSR count). The lowest BCUT2D eigenvalue weighted by atomic mass is 9.60. The van der Waals surface area contributed by atoms with Crippen molar-refractivity contribution in [2.75, 3.05) is 39.3 Å². The lowest BCUT2D eigenvalue weighted by Gasteiger charge is -2.63. The van der Waals surface area contributed by atoms with Crippen LogP contribution < -0.4 is 0 Å². The van der Waals surface area contributed by atoms with Gasteiger partial charge in [-0.3, -0.25) is 4.90 Å². The van der Waals surface area contributed by atoms with Crippen LogP contribution in [-0.4, -0.2) is 84.9 Å². The van der Waals surface area contributed by atoms with Gasteiger partial charge in [-0.15, -0.1) is 0 Å². The zero-order chi connectivity index (χ0) is 22.5. The van der Waals surface area contributed by atoms with E-state index in [-0.39, 0.29) is 11.4 Å². The third kappa shape index (κ3) is 3.28. The molecule has 0 N–H and O–H groups in total. The van der Waals surface area contributed by atoms with Gasteiger partial charge in [0.2, 0.25) is 5.89 Å². The van der Waals surface area contributed by atoms with E-state index in [1.165, 1.54) is 25.7 Å². The van der Waals surface area contributed by atoms with Gasteiger partial charge in [0.25, 0.3) is 0 Å². The summed E-state index contributed by atoms with van der Waals surface area (Å²) < 4.78 is 7.51. The lowest BCUT2D eigenvalue weighted by molar-refractivity contribution is -0.121. The second-order valence-electron chi connectivity index (χ2n) is 12.3. The summed E-state index contributed by atoms with van der Waals surface area (Å²) >= 11 is 0. The number of nitrogens with zero attached hydrogens (tertiary/aromatic N) is 8. The molecule has 2 spiro atoms. The van der Waals surface area contributed by atoms with Crippen molar-refractivity contribution in [2.24, 2.45) is 16.7 Å². The molecule has 3 saturated carbocycles. The molecule has 3 aliphatic carbocycles. The summed E-state index contributed by atoms with van der Waals surface area (Å²) in [6.45, 7) is 6.34. The lowest BCUT2D eigenvalue weighted by Crippen LogP contribution is -2.75. The Kier molecular flexibility index (Phi) is 3.96. The van der Waals surface area contributed by atoms with Crippen molar-refractivity contribution in [1.29, 1.82) is 0 Å². The monoisotopic (exact) mass is 464 g/mol. The standard InChI is InChI=1S/C24H32N8O2/c33-22(30-11-23(12-30)6-18(7-23)32-15-25-21(27-32)17-3-4-17)31-13-24(14-31)9-29(10-24)8-20-26-19(28-34-20)5-16-1-2-16/h15-18H,1-14H2. The van der Waals surface area contributed by atoms with Gasteiger partial charge < -0.3 is 14.3 Å². The summed E-state index contributed by atoms with van der Waals surface area (Å²) in [5.41, 5.74) is 0.604. The van der Waals surface area contributed by atoms with Crippen LogP contribution >= 0.6 is 0 Å². The van der Waals surface area contributed by atoms with Crippen molar-refractivity contribution in [3.8, 4) is 0 Å². The average Bonchev–Trinajstić information content (AvgIpc) is 3.62. The molecule has 5 heterocycles. The van der Waals surface area contributed by atoms with Gasteiger partial charge in [0.1, 0.15) is 6.33 Å². The van der Waals surface area contributed by atoms with E-state index < -0.39 is 0 Å². The zero-order valence-electron chi connectivity index (χ0n) is 19.6. The Hall–Kier alpha value is -2.49. The number of likely N-dealkylation sites (tertiary alicyclic amines) is 3. The summed E-state index contributed by atoms with van der Waals surface area (Å²) in [6, 6.07) is 0.700. The second-order valence-corrected chi connectivity index (χ2v) is 12.3. The maximum atomic E-state index is 12.9. The summed E-state index contributed by atoms with van der Waals surface area (Å²) in [5, 5.41) is 8.83.